The van der Waals surface area contributed by atoms with Crippen LogP contribution in [0.25, 0.3) is 0 Å². The molecule has 4 nitrogen and oxygen atoms in total. The highest BCUT2D eigenvalue weighted by atomic mass is 79.9. The second-order valence-electron chi connectivity index (χ2n) is 4.47. The van der Waals surface area contributed by atoms with E-state index in [0.717, 1.165) is 24.9 Å². The SMILES string of the molecule is COCCOCCOCCNC(C)(C)CCBr. The third-order valence-corrected chi connectivity index (χ3v) is 2.77. The van der Waals surface area contributed by atoms with Gasteiger partial charge < -0.3 is 19.5 Å². The average molecular weight is 312 g/mol. The topological polar surface area (TPSA) is 39.7 Å². The van der Waals surface area contributed by atoms with E-state index in [9.17, 15) is 0 Å². The summed E-state index contributed by atoms with van der Waals surface area (Å²) in [5.74, 6) is 0. The molecule has 5 heteroatoms. The van der Waals surface area contributed by atoms with E-state index in [1.807, 2.05) is 0 Å². The Morgan fingerprint density at radius 2 is 1.59 bits per heavy atom. The molecule has 0 amide bonds. The molecule has 0 heterocycles. The molecular weight excluding hydrogens is 286 g/mol. The molecule has 0 aromatic heterocycles. The van der Waals surface area contributed by atoms with Crippen LogP contribution >= 0.6 is 15.9 Å². The first-order chi connectivity index (χ1) is 8.12. The maximum atomic E-state index is 5.45. The quantitative estimate of drug-likeness (QED) is 0.441. The highest BCUT2D eigenvalue weighted by Gasteiger charge is 2.14. The predicted octanol–water partition coefficient (Wildman–Crippen LogP) is 1.82. The molecule has 0 aliphatic heterocycles. The van der Waals surface area contributed by atoms with Crippen LogP contribution in [0, 0.1) is 0 Å². The van der Waals surface area contributed by atoms with E-state index in [1.54, 1.807) is 7.11 Å². The van der Waals surface area contributed by atoms with E-state index in [1.165, 1.54) is 0 Å². The van der Waals surface area contributed by atoms with Gasteiger partial charge in [0.05, 0.1) is 33.0 Å². The lowest BCUT2D eigenvalue weighted by atomic mass is 10.0. The summed E-state index contributed by atoms with van der Waals surface area (Å²) in [6.07, 6.45) is 1.10. The van der Waals surface area contributed by atoms with Crippen molar-refractivity contribution in [3.8, 4) is 0 Å². The first-order valence-electron chi connectivity index (χ1n) is 6.08. The highest BCUT2D eigenvalue weighted by molar-refractivity contribution is 9.09. The molecular formula is C12H26BrNO3. The zero-order valence-electron chi connectivity index (χ0n) is 11.3. The van der Waals surface area contributed by atoms with Gasteiger partial charge in [-0.3, -0.25) is 0 Å². The van der Waals surface area contributed by atoms with E-state index >= 15 is 0 Å². The molecule has 0 saturated heterocycles. The number of ether oxygens (including phenoxy) is 3. The fourth-order valence-corrected chi connectivity index (χ4v) is 2.24. The molecule has 0 aliphatic carbocycles. The zero-order chi connectivity index (χ0) is 13.0. The van der Waals surface area contributed by atoms with Gasteiger partial charge in [0.2, 0.25) is 0 Å². The molecule has 104 valence electrons. The standard InChI is InChI=1S/C12H26BrNO3/c1-12(2,4-5-13)14-6-7-16-10-11-17-9-8-15-3/h14H,4-11H2,1-3H3. The van der Waals surface area contributed by atoms with Crippen LogP contribution in [0.2, 0.25) is 0 Å². The van der Waals surface area contributed by atoms with Gasteiger partial charge >= 0.3 is 0 Å². The number of alkyl halides is 1. The molecule has 0 unspecified atom stereocenters. The molecule has 0 aliphatic rings. The molecule has 0 fully saturated rings. The lowest BCUT2D eigenvalue weighted by Crippen LogP contribution is -2.41. The van der Waals surface area contributed by atoms with Crippen LogP contribution in [-0.4, -0.2) is 57.6 Å². The largest absolute Gasteiger partial charge is 0.382 e. The van der Waals surface area contributed by atoms with Crippen LogP contribution in [-0.2, 0) is 14.2 Å². The van der Waals surface area contributed by atoms with E-state index in [0.29, 0.717) is 26.4 Å². The van der Waals surface area contributed by atoms with Gasteiger partial charge in [0.1, 0.15) is 0 Å². The minimum absolute atomic E-state index is 0.168. The molecule has 0 radical (unpaired) electrons. The zero-order valence-corrected chi connectivity index (χ0v) is 12.8. The van der Waals surface area contributed by atoms with E-state index in [2.05, 4.69) is 35.1 Å². The lowest BCUT2D eigenvalue weighted by molar-refractivity contribution is 0.0246. The van der Waals surface area contributed by atoms with Crippen molar-refractivity contribution in [2.24, 2.45) is 0 Å². The van der Waals surface area contributed by atoms with Crippen molar-refractivity contribution in [1.29, 1.82) is 0 Å². The van der Waals surface area contributed by atoms with E-state index in [-0.39, 0.29) is 5.54 Å². The van der Waals surface area contributed by atoms with Crippen molar-refractivity contribution in [3.63, 3.8) is 0 Å². The number of hydrogen-bond donors (Lipinski definition) is 1. The molecule has 0 spiro atoms. The molecule has 0 bridgehead atoms. The third kappa shape index (κ3) is 12.6. The average Bonchev–Trinajstić information content (AvgIpc) is 2.27. The van der Waals surface area contributed by atoms with Crippen molar-refractivity contribution in [2.75, 3.05) is 52.0 Å². The molecule has 0 saturated carbocycles. The number of nitrogens with one attached hydrogen (secondary N) is 1. The Hall–Kier alpha value is 0.320. The molecule has 1 N–H and O–H groups in total. The van der Waals surface area contributed by atoms with E-state index < -0.39 is 0 Å². The van der Waals surface area contributed by atoms with Gasteiger partial charge in [-0.2, -0.15) is 0 Å². The van der Waals surface area contributed by atoms with Gasteiger partial charge in [-0.15, -0.1) is 0 Å². The Kier molecular flexibility index (Phi) is 11.6. The Balaban J connectivity index is 3.18. The van der Waals surface area contributed by atoms with Crippen LogP contribution in [0.4, 0.5) is 0 Å². The van der Waals surface area contributed by atoms with Crippen molar-refractivity contribution >= 4 is 15.9 Å². The summed E-state index contributed by atoms with van der Waals surface area (Å²) < 4.78 is 15.6. The first-order valence-corrected chi connectivity index (χ1v) is 7.20. The summed E-state index contributed by atoms with van der Waals surface area (Å²) in [5.41, 5.74) is 0.168. The van der Waals surface area contributed by atoms with Gasteiger partial charge in [0, 0.05) is 24.5 Å². The molecule has 0 aromatic carbocycles. The van der Waals surface area contributed by atoms with Gasteiger partial charge in [-0.1, -0.05) is 15.9 Å². The van der Waals surface area contributed by atoms with Crippen LogP contribution < -0.4 is 5.32 Å². The molecule has 0 rings (SSSR count). The first kappa shape index (κ1) is 17.3. The molecule has 0 aromatic rings. The van der Waals surface area contributed by atoms with Crippen molar-refractivity contribution in [1.82, 2.24) is 5.32 Å². The normalized spacial score (nSPS) is 12.0. The lowest BCUT2D eigenvalue weighted by Gasteiger charge is -2.25. The van der Waals surface area contributed by atoms with Crippen molar-refractivity contribution in [3.05, 3.63) is 0 Å². The fourth-order valence-electron chi connectivity index (χ4n) is 1.25. The Morgan fingerprint density at radius 3 is 2.18 bits per heavy atom. The summed E-state index contributed by atoms with van der Waals surface area (Å²) >= 11 is 3.45. The van der Waals surface area contributed by atoms with Gasteiger partial charge in [0.15, 0.2) is 0 Å². The summed E-state index contributed by atoms with van der Waals surface area (Å²) in [5, 5.41) is 4.47. The number of rotatable bonds is 12. The van der Waals surface area contributed by atoms with Crippen LogP contribution in [0.5, 0.6) is 0 Å². The minimum atomic E-state index is 0.168. The Labute approximate surface area is 114 Å². The Morgan fingerprint density at radius 1 is 1.00 bits per heavy atom. The van der Waals surface area contributed by atoms with Crippen LogP contribution in [0.15, 0.2) is 0 Å². The van der Waals surface area contributed by atoms with Gasteiger partial charge in [-0.05, 0) is 20.3 Å². The monoisotopic (exact) mass is 311 g/mol. The highest BCUT2D eigenvalue weighted by Crippen LogP contribution is 2.09. The minimum Gasteiger partial charge on any atom is -0.382 e. The molecule has 0 atom stereocenters. The number of hydrogen-bond acceptors (Lipinski definition) is 4. The Bertz CT molecular complexity index is 168. The second kappa shape index (κ2) is 11.4. The summed E-state index contributed by atoms with van der Waals surface area (Å²) in [7, 11) is 1.67. The van der Waals surface area contributed by atoms with Crippen molar-refractivity contribution < 1.29 is 14.2 Å². The van der Waals surface area contributed by atoms with Crippen LogP contribution in [0.1, 0.15) is 20.3 Å². The van der Waals surface area contributed by atoms with Gasteiger partial charge in [0.25, 0.3) is 0 Å². The third-order valence-electron chi connectivity index (χ3n) is 2.37. The second-order valence-corrected chi connectivity index (χ2v) is 5.26. The van der Waals surface area contributed by atoms with Crippen LogP contribution in [0.3, 0.4) is 0 Å². The maximum Gasteiger partial charge on any atom is 0.0701 e. The van der Waals surface area contributed by atoms with Crippen molar-refractivity contribution in [2.45, 2.75) is 25.8 Å². The summed E-state index contributed by atoms with van der Waals surface area (Å²) in [6.45, 7) is 8.54. The predicted molar refractivity (Wildman–Crippen MR) is 74.0 cm³/mol. The van der Waals surface area contributed by atoms with E-state index in [4.69, 9.17) is 14.2 Å². The summed E-state index contributed by atoms with van der Waals surface area (Å²) in [4.78, 5) is 0. The smallest absolute Gasteiger partial charge is 0.0701 e. The maximum absolute atomic E-state index is 5.45. The summed E-state index contributed by atoms with van der Waals surface area (Å²) in [6, 6.07) is 0. The number of halogens is 1. The fraction of sp³-hybridized carbons (Fsp3) is 1.00. The number of methoxy groups -OCH3 is 1. The molecule has 17 heavy (non-hydrogen) atoms. The van der Waals surface area contributed by atoms with Gasteiger partial charge in [-0.25, -0.2) is 0 Å².